The number of benzene rings is 1. The van der Waals surface area contributed by atoms with E-state index in [1.165, 1.54) is 11.3 Å². The number of nitrogens with one attached hydrogen (secondary N) is 3. The van der Waals surface area contributed by atoms with Crippen LogP contribution in [0.2, 0.25) is 0 Å². The average Bonchev–Trinajstić information content (AvgIpc) is 3.12. The Labute approximate surface area is 171 Å². The molecule has 0 bridgehead atoms. The summed E-state index contributed by atoms with van der Waals surface area (Å²) in [5.41, 5.74) is 7.98. The SMILES string of the molecule is Nc1nc2ccc(CNC(=O)c3cccc(C(=O)NC4CCNCC4)n3)cc2s1. The van der Waals surface area contributed by atoms with E-state index in [4.69, 9.17) is 5.73 Å². The molecule has 1 aromatic carbocycles. The largest absolute Gasteiger partial charge is 0.375 e. The topological polar surface area (TPSA) is 122 Å². The van der Waals surface area contributed by atoms with Crippen molar-refractivity contribution in [2.75, 3.05) is 18.8 Å². The maximum Gasteiger partial charge on any atom is 0.270 e. The number of rotatable bonds is 5. The van der Waals surface area contributed by atoms with Gasteiger partial charge >= 0.3 is 0 Å². The minimum Gasteiger partial charge on any atom is -0.375 e. The van der Waals surface area contributed by atoms with Crippen LogP contribution >= 0.6 is 11.3 Å². The molecule has 150 valence electrons. The first kappa shape index (κ1) is 19.3. The van der Waals surface area contributed by atoms with Crippen molar-refractivity contribution in [1.29, 1.82) is 0 Å². The molecule has 3 heterocycles. The number of pyridine rings is 1. The second kappa shape index (κ2) is 8.54. The van der Waals surface area contributed by atoms with Crippen LogP contribution in [0.15, 0.2) is 36.4 Å². The summed E-state index contributed by atoms with van der Waals surface area (Å²) in [6, 6.07) is 10.8. The lowest BCUT2D eigenvalue weighted by molar-refractivity contribution is 0.0923. The monoisotopic (exact) mass is 410 g/mol. The van der Waals surface area contributed by atoms with Crippen LogP contribution < -0.4 is 21.7 Å². The maximum absolute atomic E-state index is 12.5. The Morgan fingerprint density at radius 2 is 1.86 bits per heavy atom. The summed E-state index contributed by atoms with van der Waals surface area (Å²) in [5.74, 6) is -0.579. The summed E-state index contributed by atoms with van der Waals surface area (Å²) in [6.45, 7) is 2.13. The summed E-state index contributed by atoms with van der Waals surface area (Å²) >= 11 is 1.41. The molecule has 2 amide bonds. The van der Waals surface area contributed by atoms with Gasteiger partial charge in [-0.1, -0.05) is 23.5 Å². The third-order valence-corrected chi connectivity index (χ3v) is 5.66. The average molecular weight is 411 g/mol. The first-order valence-corrected chi connectivity index (χ1v) is 10.3. The van der Waals surface area contributed by atoms with Gasteiger partial charge in [-0.05, 0) is 55.8 Å². The molecular formula is C20H22N6O2S. The van der Waals surface area contributed by atoms with E-state index in [2.05, 4.69) is 25.9 Å². The molecule has 1 fully saturated rings. The van der Waals surface area contributed by atoms with Gasteiger partial charge in [-0.2, -0.15) is 0 Å². The lowest BCUT2D eigenvalue weighted by Crippen LogP contribution is -2.43. The molecule has 0 atom stereocenters. The zero-order chi connectivity index (χ0) is 20.2. The van der Waals surface area contributed by atoms with E-state index in [-0.39, 0.29) is 29.2 Å². The molecule has 3 aromatic rings. The molecule has 1 aliphatic heterocycles. The number of aromatic nitrogens is 2. The summed E-state index contributed by atoms with van der Waals surface area (Å²) in [4.78, 5) is 33.4. The van der Waals surface area contributed by atoms with Crippen molar-refractivity contribution in [3.8, 4) is 0 Å². The van der Waals surface area contributed by atoms with Gasteiger partial charge in [0.2, 0.25) is 0 Å². The number of nitrogens with zero attached hydrogens (tertiary/aromatic N) is 2. The number of nitrogen functional groups attached to an aromatic ring is 1. The van der Waals surface area contributed by atoms with Gasteiger partial charge in [0.1, 0.15) is 11.4 Å². The van der Waals surface area contributed by atoms with Crippen molar-refractivity contribution in [3.05, 3.63) is 53.3 Å². The third-order valence-electron chi connectivity index (χ3n) is 4.81. The summed E-state index contributed by atoms with van der Waals surface area (Å²) in [5, 5.41) is 9.62. The van der Waals surface area contributed by atoms with Crippen molar-refractivity contribution in [2.24, 2.45) is 0 Å². The Bertz CT molecular complexity index is 1040. The molecular weight excluding hydrogens is 388 g/mol. The number of amides is 2. The second-order valence-corrected chi connectivity index (χ2v) is 8.00. The van der Waals surface area contributed by atoms with Crippen molar-refractivity contribution < 1.29 is 9.59 Å². The highest BCUT2D eigenvalue weighted by Crippen LogP contribution is 2.24. The first-order chi connectivity index (χ1) is 14.1. The molecule has 0 aliphatic carbocycles. The number of anilines is 1. The number of fused-ring (bicyclic) bond motifs is 1. The van der Waals surface area contributed by atoms with Crippen molar-refractivity contribution >= 4 is 38.5 Å². The van der Waals surface area contributed by atoms with Crippen LogP contribution in [0.3, 0.4) is 0 Å². The number of hydrogen-bond acceptors (Lipinski definition) is 7. The van der Waals surface area contributed by atoms with Gasteiger partial charge in [0, 0.05) is 12.6 Å². The predicted octanol–water partition coefficient (Wildman–Crippen LogP) is 1.69. The summed E-state index contributed by atoms with van der Waals surface area (Å²) in [7, 11) is 0. The smallest absolute Gasteiger partial charge is 0.270 e. The molecule has 9 heteroatoms. The maximum atomic E-state index is 12.5. The minimum absolute atomic E-state index is 0.138. The molecule has 0 saturated carbocycles. The molecule has 2 aromatic heterocycles. The highest BCUT2D eigenvalue weighted by Gasteiger charge is 2.18. The Morgan fingerprint density at radius 1 is 1.10 bits per heavy atom. The molecule has 29 heavy (non-hydrogen) atoms. The van der Waals surface area contributed by atoms with Crippen LogP contribution in [0.5, 0.6) is 0 Å². The van der Waals surface area contributed by atoms with E-state index in [1.807, 2.05) is 18.2 Å². The second-order valence-electron chi connectivity index (χ2n) is 6.94. The van der Waals surface area contributed by atoms with Crippen molar-refractivity contribution in [2.45, 2.75) is 25.4 Å². The number of carbonyl (C=O) groups excluding carboxylic acids is 2. The fourth-order valence-electron chi connectivity index (χ4n) is 3.28. The van der Waals surface area contributed by atoms with Crippen LogP contribution in [0, 0.1) is 0 Å². The van der Waals surface area contributed by atoms with E-state index in [9.17, 15) is 9.59 Å². The molecule has 5 N–H and O–H groups in total. The van der Waals surface area contributed by atoms with Gasteiger partial charge in [-0.3, -0.25) is 9.59 Å². The van der Waals surface area contributed by atoms with Crippen LogP contribution in [0.1, 0.15) is 39.4 Å². The number of carbonyl (C=O) groups is 2. The van der Waals surface area contributed by atoms with Crippen molar-refractivity contribution in [1.82, 2.24) is 25.9 Å². The van der Waals surface area contributed by atoms with Crippen molar-refractivity contribution in [3.63, 3.8) is 0 Å². The van der Waals surface area contributed by atoms with E-state index in [1.54, 1.807) is 18.2 Å². The molecule has 0 unspecified atom stereocenters. The molecule has 4 rings (SSSR count). The Morgan fingerprint density at radius 3 is 2.66 bits per heavy atom. The molecule has 1 aliphatic rings. The van der Waals surface area contributed by atoms with Crippen LogP contribution in [-0.4, -0.2) is 40.9 Å². The highest BCUT2D eigenvalue weighted by molar-refractivity contribution is 7.22. The fourth-order valence-corrected chi connectivity index (χ4v) is 4.08. The number of piperidine rings is 1. The number of thiazole rings is 1. The minimum atomic E-state index is -0.328. The molecule has 1 saturated heterocycles. The molecule has 8 nitrogen and oxygen atoms in total. The highest BCUT2D eigenvalue weighted by atomic mass is 32.1. The van der Waals surface area contributed by atoms with Crippen LogP contribution in [-0.2, 0) is 6.54 Å². The third kappa shape index (κ3) is 4.69. The van der Waals surface area contributed by atoms with Gasteiger partial charge in [0.25, 0.3) is 11.8 Å². The van der Waals surface area contributed by atoms with Gasteiger partial charge in [-0.25, -0.2) is 9.97 Å². The van der Waals surface area contributed by atoms with E-state index >= 15 is 0 Å². The van der Waals surface area contributed by atoms with Gasteiger partial charge in [-0.15, -0.1) is 0 Å². The van der Waals surface area contributed by atoms with Gasteiger partial charge < -0.3 is 21.7 Å². The lowest BCUT2D eigenvalue weighted by atomic mass is 10.1. The number of hydrogen-bond donors (Lipinski definition) is 4. The Balaban J connectivity index is 1.38. The molecule has 0 spiro atoms. The first-order valence-electron chi connectivity index (χ1n) is 9.50. The van der Waals surface area contributed by atoms with E-state index in [0.717, 1.165) is 41.7 Å². The predicted molar refractivity (Wildman–Crippen MR) is 113 cm³/mol. The Hall–Kier alpha value is -3.04. The summed E-state index contributed by atoms with van der Waals surface area (Å²) < 4.78 is 0.976. The standard InChI is InChI=1S/C20H22N6O2S/c21-20-26-14-5-4-12(10-17(14)29-20)11-23-18(27)15-2-1-3-16(25-15)19(28)24-13-6-8-22-9-7-13/h1-5,10,13,22H,6-9,11H2,(H2,21,26)(H,23,27)(H,24,28). The van der Waals surface area contributed by atoms with Gasteiger partial charge in [0.05, 0.1) is 10.2 Å². The zero-order valence-electron chi connectivity index (χ0n) is 15.8. The van der Waals surface area contributed by atoms with E-state index in [0.29, 0.717) is 11.7 Å². The quantitative estimate of drug-likeness (QED) is 0.508. The van der Waals surface area contributed by atoms with Crippen LogP contribution in [0.25, 0.3) is 10.2 Å². The van der Waals surface area contributed by atoms with E-state index < -0.39 is 0 Å². The lowest BCUT2D eigenvalue weighted by Gasteiger charge is -2.23. The van der Waals surface area contributed by atoms with Crippen LogP contribution in [0.4, 0.5) is 5.13 Å². The Kier molecular flexibility index (Phi) is 5.68. The summed E-state index contributed by atoms with van der Waals surface area (Å²) in [6.07, 6.45) is 1.78. The molecule has 0 radical (unpaired) electrons. The van der Waals surface area contributed by atoms with Gasteiger partial charge in [0.15, 0.2) is 5.13 Å². The zero-order valence-corrected chi connectivity index (χ0v) is 16.6. The number of nitrogens with two attached hydrogens (primary N) is 1. The fraction of sp³-hybridized carbons (Fsp3) is 0.300. The normalized spacial score (nSPS) is 14.6.